The molecule has 3 rings (SSSR count). The van der Waals surface area contributed by atoms with E-state index in [0.29, 0.717) is 28.2 Å². The number of sulfonamides is 1. The Morgan fingerprint density at radius 2 is 1.41 bits per heavy atom. The summed E-state index contributed by atoms with van der Waals surface area (Å²) in [5.74, 6) is -0.598. The zero-order chi connectivity index (χ0) is 23.5. The Bertz CT molecular complexity index is 1280. The first-order chi connectivity index (χ1) is 15.0. The molecule has 0 unspecified atom stereocenters. The van der Waals surface area contributed by atoms with E-state index in [-0.39, 0.29) is 10.8 Å². The molecule has 0 saturated carbocycles. The second-order valence-corrected chi connectivity index (χ2v) is 9.27. The van der Waals surface area contributed by atoms with E-state index in [1.165, 1.54) is 13.0 Å². The molecule has 3 aromatic carbocycles. The normalized spacial score (nSPS) is 11.0. The highest BCUT2D eigenvalue weighted by atomic mass is 32.2. The van der Waals surface area contributed by atoms with Crippen molar-refractivity contribution in [2.24, 2.45) is 0 Å². The third-order valence-corrected chi connectivity index (χ3v) is 6.34. The summed E-state index contributed by atoms with van der Waals surface area (Å²) in [5, 5.41) is 5.36. The molecule has 0 aliphatic carbocycles. The van der Waals surface area contributed by atoms with E-state index in [1.807, 2.05) is 26.0 Å². The van der Waals surface area contributed by atoms with Crippen LogP contribution in [0.4, 0.5) is 17.1 Å². The summed E-state index contributed by atoms with van der Waals surface area (Å²) >= 11 is 0. The molecule has 7 nitrogen and oxygen atoms in total. The molecule has 0 spiro atoms. The minimum Gasteiger partial charge on any atom is -0.326 e. The summed E-state index contributed by atoms with van der Waals surface area (Å²) in [7, 11) is -3.86. The van der Waals surface area contributed by atoms with Crippen molar-refractivity contribution in [3.05, 3.63) is 82.9 Å². The molecule has 0 bridgehead atoms. The van der Waals surface area contributed by atoms with Gasteiger partial charge in [0.2, 0.25) is 5.91 Å². The molecule has 0 radical (unpaired) electrons. The molecule has 3 N–H and O–H groups in total. The van der Waals surface area contributed by atoms with Crippen LogP contribution in [0.5, 0.6) is 0 Å². The largest absolute Gasteiger partial charge is 0.326 e. The standard InChI is InChI=1S/C24H25N3O4S/c1-15-5-12-22(17(3)13-15)27-32(30,31)23-14-21(9-6-16(23)2)26-24(29)19-7-10-20(11-8-19)25-18(4)28/h5-14,27H,1-4H3,(H,25,28)(H,26,29). The lowest BCUT2D eigenvalue weighted by Crippen LogP contribution is -2.17. The van der Waals surface area contributed by atoms with Crippen LogP contribution in [0, 0.1) is 20.8 Å². The summed E-state index contributed by atoms with van der Waals surface area (Å²) < 4.78 is 28.7. The van der Waals surface area contributed by atoms with Gasteiger partial charge in [-0.05, 0) is 74.4 Å². The number of benzene rings is 3. The lowest BCUT2D eigenvalue weighted by atomic mass is 10.1. The van der Waals surface area contributed by atoms with Crippen LogP contribution in [0.15, 0.2) is 65.6 Å². The van der Waals surface area contributed by atoms with E-state index in [4.69, 9.17) is 0 Å². The van der Waals surface area contributed by atoms with Crippen LogP contribution < -0.4 is 15.4 Å². The summed E-state index contributed by atoms with van der Waals surface area (Å²) in [6.07, 6.45) is 0. The molecule has 8 heteroatoms. The number of hydrogen-bond donors (Lipinski definition) is 3. The highest BCUT2D eigenvalue weighted by Crippen LogP contribution is 2.25. The first-order valence-electron chi connectivity index (χ1n) is 9.95. The van der Waals surface area contributed by atoms with Crippen molar-refractivity contribution in [3.8, 4) is 0 Å². The fourth-order valence-corrected chi connectivity index (χ4v) is 4.61. The highest BCUT2D eigenvalue weighted by molar-refractivity contribution is 7.92. The first-order valence-corrected chi connectivity index (χ1v) is 11.4. The van der Waals surface area contributed by atoms with E-state index in [0.717, 1.165) is 11.1 Å². The Morgan fingerprint density at radius 1 is 0.750 bits per heavy atom. The predicted molar refractivity (Wildman–Crippen MR) is 127 cm³/mol. The molecule has 0 saturated heterocycles. The van der Waals surface area contributed by atoms with Crippen molar-refractivity contribution in [2.75, 3.05) is 15.4 Å². The quantitative estimate of drug-likeness (QED) is 0.508. The molecule has 0 aliphatic rings. The average Bonchev–Trinajstić information content (AvgIpc) is 2.71. The fourth-order valence-electron chi connectivity index (χ4n) is 3.21. The van der Waals surface area contributed by atoms with Gasteiger partial charge in [0.25, 0.3) is 15.9 Å². The number of amides is 2. The van der Waals surface area contributed by atoms with Gasteiger partial charge in [-0.25, -0.2) is 8.42 Å². The van der Waals surface area contributed by atoms with Gasteiger partial charge in [-0.1, -0.05) is 23.8 Å². The Labute approximate surface area is 187 Å². The van der Waals surface area contributed by atoms with Crippen molar-refractivity contribution < 1.29 is 18.0 Å². The summed E-state index contributed by atoms with van der Waals surface area (Å²) in [6, 6.07) is 16.6. The SMILES string of the molecule is CC(=O)Nc1ccc(C(=O)Nc2ccc(C)c(S(=O)(=O)Nc3ccc(C)cc3C)c2)cc1. The lowest BCUT2D eigenvalue weighted by molar-refractivity contribution is -0.114. The topological polar surface area (TPSA) is 104 Å². The monoisotopic (exact) mass is 451 g/mol. The third-order valence-electron chi connectivity index (χ3n) is 4.83. The van der Waals surface area contributed by atoms with Crippen LogP contribution in [-0.4, -0.2) is 20.2 Å². The van der Waals surface area contributed by atoms with E-state index in [2.05, 4.69) is 15.4 Å². The zero-order valence-corrected chi connectivity index (χ0v) is 19.1. The van der Waals surface area contributed by atoms with Crippen molar-refractivity contribution in [3.63, 3.8) is 0 Å². The van der Waals surface area contributed by atoms with Gasteiger partial charge in [-0.3, -0.25) is 14.3 Å². The summed E-state index contributed by atoms with van der Waals surface area (Å²) in [4.78, 5) is 23.8. The molecule has 0 atom stereocenters. The Kier molecular flexibility index (Phi) is 6.64. The molecule has 166 valence electrons. The molecule has 2 amide bonds. The van der Waals surface area contributed by atoms with E-state index in [1.54, 1.807) is 49.4 Å². The third kappa shape index (κ3) is 5.53. The summed E-state index contributed by atoms with van der Waals surface area (Å²) in [5.41, 5.74) is 4.22. The van der Waals surface area contributed by atoms with Crippen LogP contribution in [0.3, 0.4) is 0 Å². The molecular weight excluding hydrogens is 426 g/mol. The molecule has 0 aliphatic heterocycles. The molecule has 0 aromatic heterocycles. The molecule has 32 heavy (non-hydrogen) atoms. The Morgan fingerprint density at radius 3 is 2.03 bits per heavy atom. The minimum atomic E-state index is -3.86. The van der Waals surface area contributed by atoms with Gasteiger partial charge in [-0.2, -0.15) is 0 Å². The van der Waals surface area contributed by atoms with Crippen LogP contribution in [0.1, 0.15) is 34.0 Å². The van der Waals surface area contributed by atoms with E-state index >= 15 is 0 Å². The van der Waals surface area contributed by atoms with Crippen molar-refractivity contribution in [1.29, 1.82) is 0 Å². The van der Waals surface area contributed by atoms with Gasteiger partial charge in [0, 0.05) is 23.9 Å². The highest BCUT2D eigenvalue weighted by Gasteiger charge is 2.19. The Hall–Kier alpha value is -3.65. The average molecular weight is 452 g/mol. The Balaban J connectivity index is 1.81. The maximum Gasteiger partial charge on any atom is 0.262 e. The van der Waals surface area contributed by atoms with Crippen molar-refractivity contribution >= 4 is 38.9 Å². The van der Waals surface area contributed by atoms with Crippen LogP contribution >= 0.6 is 0 Å². The van der Waals surface area contributed by atoms with Crippen LogP contribution in [0.25, 0.3) is 0 Å². The predicted octanol–water partition coefficient (Wildman–Crippen LogP) is 4.62. The lowest BCUT2D eigenvalue weighted by Gasteiger charge is -2.14. The van der Waals surface area contributed by atoms with Crippen LogP contribution in [-0.2, 0) is 14.8 Å². The van der Waals surface area contributed by atoms with Gasteiger partial charge in [0.15, 0.2) is 0 Å². The number of nitrogens with one attached hydrogen (secondary N) is 3. The number of anilines is 3. The number of hydrogen-bond acceptors (Lipinski definition) is 4. The maximum atomic E-state index is 13.0. The molecule has 3 aromatic rings. The minimum absolute atomic E-state index is 0.0799. The summed E-state index contributed by atoms with van der Waals surface area (Å²) in [6.45, 7) is 6.88. The first kappa shape index (κ1) is 23.0. The smallest absolute Gasteiger partial charge is 0.262 e. The van der Waals surface area contributed by atoms with E-state index < -0.39 is 15.9 Å². The second-order valence-electron chi connectivity index (χ2n) is 7.62. The van der Waals surface area contributed by atoms with E-state index in [9.17, 15) is 18.0 Å². The number of carbonyl (C=O) groups excluding carboxylic acids is 2. The van der Waals surface area contributed by atoms with Gasteiger partial charge >= 0.3 is 0 Å². The van der Waals surface area contributed by atoms with Gasteiger partial charge in [-0.15, -0.1) is 0 Å². The van der Waals surface area contributed by atoms with Gasteiger partial charge in [0.1, 0.15) is 0 Å². The number of rotatable bonds is 6. The van der Waals surface area contributed by atoms with Crippen molar-refractivity contribution in [1.82, 2.24) is 0 Å². The zero-order valence-electron chi connectivity index (χ0n) is 18.3. The van der Waals surface area contributed by atoms with Crippen molar-refractivity contribution in [2.45, 2.75) is 32.6 Å². The van der Waals surface area contributed by atoms with Gasteiger partial charge < -0.3 is 10.6 Å². The maximum absolute atomic E-state index is 13.0. The number of aryl methyl sites for hydroxylation is 3. The molecule has 0 heterocycles. The molecular formula is C24H25N3O4S. The van der Waals surface area contributed by atoms with Crippen LogP contribution in [0.2, 0.25) is 0 Å². The second kappa shape index (κ2) is 9.23. The number of carbonyl (C=O) groups is 2. The molecule has 0 fully saturated rings. The fraction of sp³-hybridized carbons (Fsp3) is 0.167. The van der Waals surface area contributed by atoms with Gasteiger partial charge in [0.05, 0.1) is 10.6 Å².